The molecule has 2 aliphatic rings. The molecule has 1 N–H and O–H groups in total. The first-order valence-corrected chi connectivity index (χ1v) is 8.85. The van der Waals surface area contributed by atoms with E-state index in [1.54, 1.807) is 6.07 Å². The van der Waals surface area contributed by atoms with Crippen LogP contribution in [0.25, 0.3) is 0 Å². The summed E-state index contributed by atoms with van der Waals surface area (Å²) >= 11 is 0. The average molecular weight is 297 g/mol. The van der Waals surface area contributed by atoms with Gasteiger partial charge in [-0.25, -0.2) is 12.8 Å². The highest BCUT2D eigenvalue weighted by Crippen LogP contribution is 2.34. The lowest BCUT2D eigenvalue weighted by Gasteiger charge is -2.22. The lowest BCUT2D eigenvalue weighted by Crippen LogP contribution is -2.28. The quantitative estimate of drug-likeness (QED) is 0.927. The van der Waals surface area contributed by atoms with Crippen LogP contribution in [-0.4, -0.2) is 26.8 Å². The van der Waals surface area contributed by atoms with Crippen molar-refractivity contribution in [2.24, 2.45) is 5.92 Å². The van der Waals surface area contributed by atoms with Gasteiger partial charge in [0.15, 0.2) is 9.84 Å². The highest BCUT2D eigenvalue weighted by molar-refractivity contribution is 7.92. The van der Waals surface area contributed by atoms with Gasteiger partial charge in [0.05, 0.1) is 5.25 Å². The number of halogens is 1. The molecule has 0 aromatic heterocycles. The Hall–Kier alpha value is -0.940. The Kier molecular flexibility index (Phi) is 3.82. The highest BCUT2D eigenvalue weighted by atomic mass is 32.2. The zero-order valence-corrected chi connectivity index (χ0v) is 12.3. The molecule has 1 heterocycles. The van der Waals surface area contributed by atoms with Gasteiger partial charge in [-0.05, 0) is 68.8 Å². The summed E-state index contributed by atoms with van der Waals surface area (Å²) in [5.41, 5.74) is 0.907. The molecule has 3 rings (SSSR count). The van der Waals surface area contributed by atoms with Gasteiger partial charge < -0.3 is 5.32 Å². The van der Waals surface area contributed by atoms with Gasteiger partial charge in [0.25, 0.3) is 0 Å². The first kappa shape index (κ1) is 14.0. The number of hydrogen-bond donors (Lipinski definition) is 1. The maximum absolute atomic E-state index is 14.1. The molecule has 1 aromatic carbocycles. The molecular weight excluding hydrogens is 277 g/mol. The zero-order chi connectivity index (χ0) is 14.2. The summed E-state index contributed by atoms with van der Waals surface area (Å²) in [4.78, 5) is -0.117. The smallest absolute Gasteiger partial charge is 0.184 e. The Morgan fingerprint density at radius 1 is 1.15 bits per heavy atom. The summed E-state index contributed by atoms with van der Waals surface area (Å²) in [5, 5.41) is 2.95. The van der Waals surface area contributed by atoms with Crippen LogP contribution < -0.4 is 5.32 Å². The number of sulfone groups is 1. The second-order valence-corrected chi connectivity index (χ2v) is 8.10. The van der Waals surface area contributed by atoms with Gasteiger partial charge in [-0.2, -0.15) is 0 Å². The van der Waals surface area contributed by atoms with Crippen molar-refractivity contribution < 1.29 is 12.8 Å². The normalized spacial score (nSPS) is 21.1. The van der Waals surface area contributed by atoms with Gasteiger partial charge >= 0.3 is 0 Å². The fraction of sp³-hybridized carbons (Fsp3) is 0.600. The van der Waals surface area contributed by atoms with Crippen molar-refractivity contribution in [1.29, 1.82) is 0 Å². The summed E-state index contributed by atoms with van der Waals surface area (Å²) in [6.45, 7) is 2.03. The van der Waals surface area contributed by atoms with Crippen molar-refractivity contribution >= 4 is 9.84 Å². The summed E-state index contributed by atoms with van der Waals surface area (Å²) < 4.78 is 38.2. The minimum atomic E-state index is -3.43. The molecular formula is C15H20FNO2S. The molecule has 0 unspecified atom stereocenters. The Bertz CT molecular complexity index is 590. The first-order chi connectivity index (χ1) is 9.57. The predicted molar refractivity (Wildman–Crippen MR) is 75.9 cm³/mol. The number of rotatable bonds is 4. The van der Waals surface area contributed by atoms with Crippen molar-refractivity contribution in [3.8, 4) is 0 Å². The minimum absolute atomic E-state index is 0.117. The van der Waals surface area contributed by atoms with Crippen LogP contribution in [0.2, 0.25) is 0 Å². The van der Waals surface area contributed by atoms with E-state index in [0.717, 1.165) is 37.9 Å². The standard InChI is InChI=1S/C15H20FNO2S/c16-14-10-12(9-11-5-7-17-8-6-11)1-4-15(14)20(18,19)13-2-3-13/h1,4,10-11,13,17H,2-3,5-9H2. The molecule has 0 bridgehead atoms. The van der Waals surface area contributed by atoms with E-state index < -0.39 is 15.7 Å². The lowest BCUT2D eigenvalue weighted by atomic mass is 9.91. The molecule has 0 spiro atoms. The van der Waals surface area contributed by atoms with E-state index in [-0.39, 0.29) is 10.1 Å². The SMILES string of the molecule is O=S(=O)(c1ccc(CC2CCNCC2)cc1F)C1CC1. The molecule has 1 aliphatic heterocycles. The third-order valence-corrected chi connectivity index (χ3v) is 6.54. The van der Waals surface area contributed by atoms with E-state index >= 15 is 0 Å². The summed E-state index contributed by atoms with van der Waals surface area (Å²) in [7, 11) is -3.43. The first-order valence-electron chi connectivity index (χ1n) is 7.30. The lowest BCUT2D eigenvalue weighted by molar-refractivity contribution is 0.372. The molecule has 1 aromatic rings. The van der Waals surface area contributed by atoms with Crippen LogP contribution in [0.4, 0.5) is 4.39 Å². The average Bonchev–Trinajstić information content (AvgIpc) is 3.24. The predicted octanol–water partition coefficient (Wildman–Crippen LogP) is 2.30. The van der Waals surface area contributed by atoms with E-state index in [0.29, 0.717) is 18.8 Å². The Morgan fingerprint density at radius 2 is 1.85 bits per heavy atom. The van der Waals surface area contributed by atoms with E-state index in [1.807, 2.05) is 0 Å². The zero-order valence-electron chi connectivity index (χ0n) is 11.4. The van der Waals surface area contributed by atoms with Gasteiger partial charge in [-0.15, -0.1) is 0 Å². The van der Waals surface area contributed by atoms with E-state index in [9.17, 15) is 12.8 Å². The second-order valence-electron chi connectivity index (χ2n) is 5.91. The third-order valence-electron chi connectivity index (χ3n) is 4.25. The topological polar surface area (TPSA) is 46.2 Å². The Labute approximate surface area is 119 Å². The molecule has 0 radical (unpaired) electrons. The van der Waals surface area contributed by atoms with Gasteiger partial charge in [-0.1, -0.05) is 6.07 Å². The molecule has 1 aliphatic carbocycles. The highest BCUT2D eigenvalue weighted by Gasteiger charge is 2.38. The number of hydrogen-bond acceptors (Lipinski definition) is 3. The van der Waals surface area contributed by atoms with Crippen LogP contribution in [0.3, 0.4) is 0 Å². The Balaban J connectivity index is 1.77. The summed E-state index contributed by atoms with van der Waals surface area (Å²) in [6, 6.07) is 4.65. The van der Waals surface area contributed by atoms with Crippen molar-refractivity contribution in [3.05, 3.63) is 29.6 Å². The van der Waals surface area contributed by atoms with Crippen LogP contribution in [0.1, 0.15) is 31.2 Å². The molecule has 0 atom stereocenters. The number of piperidine rings is 1. The molecule has 0 amide bonds. The fourth-order valence-corrected chi connectivity index (χ4v) is 4.58. The van der Waals surface area contributed by atoms with Gasteiger partial charge in [0.2, 0.25) is 0 Å². The van der Waals surface area contributed by atoms with Gasteiger partial charge in [-0.3, -0.25) is 0 Å². The molecule has 1 saturated carbocycles. The molecule has 5 heteroatoms. The maximum atomic E-state index is 14.1. The van der Waals surface area contributed by atoms with Gasteiger partial charge in [0.1, 0.15) is 10.7 Å². The van der Waals surface area contributed by atoms with Crippen LogP contribution in [-0.2, 0) is 16.3 Å². The third kappa shape index (κ3) is 2.88. The van der Waals surface area contributed by atoms with Crippen LogP contribution in [0, 0.1) is 11.7 Å². The van der Waals surface area contributed by atoms with Crippen molar-refractivity contribution in [1.82, 2.24) is 5.32 Å². The van der Waals surface area contributed by atoms with Crippen molar-refractivity contribution in [3.63, 3.8) is 0 Å². The minimum Gasteiger partial charge on any atom is -0.317 e. The molecule has 110 valence electrons. The molecule has 1 saturated heterocycles. The number of benzene rings is 1. The van der Waals surface area contributed by atoms with E-state index in [2.05, 4.69) is 5.32 Å². The van der Waals surface area contributed by atoms with E-state index in [4.69, 9.17) is 0 Å². The van der Waals surface area contributed by atoms with Crippen LogP contribution >= 0.6 is 0 Å². The molecule has 20 heavy (non-hydrogen) atoms. The largest absolute Gasteiger partial charge is 0.317 e. The van der Waals surface area contributed by atoms with Crippen LogP contribution in [0.5, 0.6) is 0 Å². The second kappa shape index (κ2) is 5.45. The number of nitrogens with one attached hydrogen (secondary N) is 1. The fourth-order valence-electron chi connectivity index (χ4n) is 2.88. The molecule has 2 fully saturated rings. The summed E-state index contributed by atoms with van der Waals surface area (Å²) in [5.74, 6) is -0.00938. The van der Waals surface area contributed by atoms with Crippen molar-refractivity contribution in [2.45, 2.75) is 42.2 Å². The van der Waals surface area contributed by atoms with E-state index in [1.165, 1.54) is 12.1 Å². The van der Waals surface area contributed by atoms with Crippen molar-refractivity contribution in [2.75, 3.05) is 13.1 Å². The molecule has 3 nitrogen and oxygen atoms in total. The summed E-state index contributed by atoms with van der Waals surface area (Å²) in [6.07, 6.45) is 4.37. The maximum Gasteiger partial charge on any atom is 0.184 e. The van der Waals surface area contributed by atoms with Gasteiger partial charge in [0, 0.05) is 0 Å². The van der Waals surface area contributed by atoms with Crippen LogP contribution in [0.15, 0.2) is 23.1 Å². The monoisotopic (exact) mass is 297 g/mol. The Morgan fingerprint density at radius 3 is 2.45 bits per heavy atom.